The van der Waals surface area contributed by atoms with Crippen molar-refractivity contribution in [2.75, 3.05) is 11.9 Å². The van der Waals surface area contributed by atoms with E-state index in [-0.39, 0.29) is 18.4 Å². The number of urea groups is 1. The summed E-state index contributed by atoms with van der Waals surface area (Å²) in [6.45, 7) is 6.56. The molecule has 0 aromatic heterocycles. The number of carbonyl (C=O) groups excluding carboxylic acids is 1. The van der Waals surface area contributed by atoms with Crippen molar-refractivity contribution in [1.82, 2.24) is 10.6 Å². The molecule has 1 aromatic rings. The van der Waals surface area contributed by atoms with Gasteiger partial charge in [0.25, 0.3) is 0 Å². The van der Waals surface area contributed by atoms with Crippen molar-refractivity contribution in [3.63, 3.8) is 0 Å². The van der Waals surface area contributed by atoms with E-state index in [1.54, 1.807) is 0 Å². The van der Waals surface area contributed by atoms with E-state index in [1.807, 2.05) is 24.3 Å². The van der Waals surface area contributed by atoms with Crippen LogP contribution in [0.5, 0.6) is 0 Å². The summed E-state index contributed by atoms with van der Waals surface area (Å²) in [5.74, 6) is -2.37. The van der Waals surface area contributed by atoms with Gasteiger partial charge >= 0.3 is 18.0 Å². The third kappa shape index (κ3) is 8.91. The maximum Gasteiger partial charge on any atom is 0.326 e. The van der Waals surface area contributed by atoms with E-state index in [9.17, 15) is 14.4 Å². The van der Waals surface area contributed by atoms with Gasteiger partial charge in [0.15, 0.2) is 0 Å². The Bertz CT molecular complexity index is 623. The van der Waals surface area contributed by atoms with Crippen LogP contribution in [-0.4, -0.2) is 46.3 Å². The van der Waals surface area contributed by atoms with Gasteiger partial charge in [-0.1, -0.05) is 12.1 Å². The smallest absolute Gasteiger partial charge is 0.326 e. The van der Waals surface area contributed by atoms with Gasteiger partial charge in [-0.05, 0) is 51.3 Å². The van der Waals surface area contributed by atoms with Gasteiger partial charge in [-0.25, -0.2) is 9.59 Å². The molecular formula is C18H27N3O5. The van der Waals surface area contributed by atoms with Crippen LogP contribution in [0.25, 0.3) is 0 Å². The first-order chi connectivity index (χ1) is 12.1. The highest BCUT2D eigenvalue weighted by Gasteiger charge is 2.20. The number of carbonyl (C=O) groups is 3. The molecule has 1 aromatic carbocycles. The molecule has 8 nitrogen and oxygen atoms in total. The van der Waals surface area contributed by atoms with E-state index in [0.29, 0.717) is 13.0 Å². The summed E-state index contributed by atoms with van der Waals surface area (Å²) >= 11 is 0. The zero-order valence-corrected chi connectivity index (χ0v) is 15.3. The third-order valence-electron chi connectivity index (χ3n) is 3.42. The number of hydrogen-bond acceptors (Lipinski definition) is 4. The molecule has 1 rings (SSSR count). The molecule has 0 bridgehead atoms. The summed E-state index contributed by atoms with van der Waals surface area (Å²) in [6.07, 6.45) is 0.0998. The van der Waals surface area contributed by atoms with Crippen LogP contribution in [-0.2, 0) is 16.0 Å². The molecular weight excluding hydrogens is 338 g/mol. The van der Waals surface area contributed by atoms with E-state index >= 15 is 0 Å². The maximum atomic E-state index is 11.8. The molecule has 0 aliphatic rings. The number of nitrogens with one attached hydrogen (secondary N) is 3. The normalized spacial score (nSPS) is 12.1. The number of amides is 2. The molecule has 0 radical (unpaired) electrons. The second kappa shape index (κ2) is 9.65. The number of aliphatic carboxylic acids is 2. The van der Waals surface area contributed by atoms with E-state index in [1.165, 1.54) is 0 Å². The fourth-order valence-electron chi connectivity index (χ4n) is 2.24. The molecule has 1 atom stereocenters. The van der Waals surface area contributed by atoms with Gasteiger partial charge in [-0.2, -0.15) is 0 Å². The SMILES string of the molecule is CC(C)(C)Nc1ccc(CCNC(=O)N[C@@H](CCC(=O)O)C(=O)O)cc1. The molecule has 26 heavy (non-hydrogen) atoms. The molecule has 0 heterocycles. The van der Waals surface area contributed by atoms with Gasteiger partial charge in [-0.15, -0.1) is 0 Å². The van der Waals surface area contributed by atoms with E-state index in [0.717, 1.165) is 11.3 Å². The van der Waals surface area contributed by atoms with Crippen molar-refractivity contribution in [3.05, 3.63) is 29.8 Å². The number of anilines is 1. The summed E-state index contributed by atoms with van der Waals surface area (Å²) in [4.78, 5) is 33.3. The lowest BCUT2D eigenvalue weighted by Gasteiger charge is -2.22. The molecule has 0 aliphatic heterocycles. The number of benzene rings is 1. The number of carboxylic acid groups (broad SMARTS) is 2. The highest BCUT2D eigenvalue weighted by Crippen LogP contribution is 2.15. The van der Waals surface area contributed by atoms with Crippen LogP contribution < -0.4 is 16.0 Å². The van der Waals surface area contributed by atoms with Gasteiger partial charge in [0, 0.05) is 24.2 Å². The van der Waals surface area contributed by atoms with Crippen LogP contribution in [0, 0.1) is 0 Å². The van der Waals surface area contributed by atoms with Crippen molar-refractivity contribution in [1.29, 1.82) is 0 Å². The zero-order chi connectivity index (χ0) is 19.7. The van der Waals surface area contributed by atoms with Gasteiger partial charge in [0.05, 0.1) is 0 Å². The maximum absolute atomic E-state index is 11.8. The highest BCUT2D eigenvalue weighted by atomic mass is 16.4. The molecule has 0 fully saturated rings. The third-order valence-corrected chi connectivity index (χ3v) is 3.42. The van der Waals surface area contributed by atoms with E-state index in [4.69, 9.17) is 10.2 Å². The summed E-state index contributed by atoms with van der Waals surface area (Å²) in [5, 5.41) is 25.8. The first-order valence-corrected chi connectivity index (χ1v) is 8.43. The average Bonchev–Trinajstić information content (AvgIpc) is 2.51. The minimum Gasteiger partial charge on any atom is -0.481 e. The van der Waals surface area contributed by atoms with Crippen molar-refractivity contribution in [3.8, 4) is 0 Å². The van der Waals surface area contributed by atoms with Crippen LogP contribution in [0.1, 0.15) is 39.2 Å². The lowest BCUT2D eigenvalue weighted by molar-refractivity contribution is -0.140. The zero-order valence-electron chi connectivity index (χ0n) is 15.3. The Morgan fingerprint density at radius 1 is 1.08 bits per heavy atom. The molecule has 8 heteroatoms. The van der Waals surface area contributed by atoms with Crippen molar-refractivity contribution in [2.24, 2.45) is 0 Å². The second-order valence-electron chi connectivity index (χ2n) is 7.05. The van der Waals surface area contributed by atoms with Crippen molar-refractivity contribution >= 4 is 23.7 Å². The number of hydrogen-bond donors (Lipinski definition) is 5. The molecule has 2 amide bonds. The summed E-state index contributed by atoms with van der Waals surface area (Å²) in [5.41, 5.74) is 2.02. The first kappa shape index (κ1) is 21.3. The monoisotopic (exact) mass is 365 g/mol. The highest BCUT2D eigenvalue weighted by molar-refractivity contribution is 5.83. The van der Waals surface area contributed by atoms with Crippen LogP contribution in [0.15, 0.2) is 24.3 Å². The van der Waals surface area contributed by atoms with Crippen molar-refractivity contribution < 1.29 is 24.6 Å². The first-order valence-electron chi connectivity index (χ1n) is 8.43. The van der Waals surface area contributed by atoms with E-state index in [2.05, 4.69) is 36.7 Å². The van der Waals surface area contributed by atoms with Gasteiger partial charge < -0.3 is 26.2 Å². The molecule has 0 saturated heterocycles. The lowest BCUT2D eigenvalue weighted by Crippen LogP contribution is -2.46. The van der Waals surface area contributed by atoms with Gasteiger partial charge in [0.2, 0.25) is 0 Å². The predicted octanol–water partition coefficient (Wildman–Crippen LogP) is 2.06. The predicted molar refractivity (Wildman–Crippen MR) is 98.3 cm³/mol. The Morgan fingerprint density at radius 3 is 2.19 bits per heavy atom. The Hall–Kier alpha value is -2.77. The van der Waals surface area contributed by atoms with Gasteiger partial charge in [-0.3, -0.25) is 4.79 Å². The summed E-state index contributed by atoms with van der Waals surface area (Å²) < 4.78 is 0. The van der Waals surface area contributed by atoms with Crippen LogP contribution in [0.3, 0.4) is 0 Å². The second-order valence-corrected chi connectivity index (χ2v) is 7.05. The lowest BCUT2D eigenvalue weighted by atomic mass is 10.1. The minimum absolute atomic E-state index is 0.0253. The van der Waals surface area contributed by atoms with Gasteiger partial charge in [0.1, 0.15) is 6.04 Å². The summed E-state index contributed by atoms with van der Waals surface area (Å²) in [7, 11) is 0. The van der Waals surface area contributed by atoms with Crippen LogP contribution >= 0.6 is 0 Å². The minimum atomic E-state index is -1.26. The van der Waals surface area contributed by atoms with Crippen LogP contribution in [0.4, 0.5) is 10.5 Å². The standard InChI is InChI=1S/C18H27N3O5/c1-18(2,3)21-13-6-4-12(5-7-13)10-11-19-17(26)20-14(16(24)25)8-9-15(22)23/h4-7,14,21H,8-11H2,1-3H3,(H,22,23)(H,24,25)(H2,19,20,26)/t14-/m0/s1. The molecule has 0 unspecified atom stereocenters. The molecule has 0 saturated carbocycles. The fraction of sp³-hybridized carbons (Fsp3) is 0.500. The summed E-state index contributed by atoms with van der Waals surface area (Å²) in [6, 6.07) is 5.99. The Balaban J connectivity index is 2.40. The Kier molecular flexibility index (Phi) is 7.89. The quantitative estimate of drug-likeness (QED) is 0.456. The van der Waals surface area contributed by atoms with E-state index < -0.39 is 24.0 Å². The topological polar surface area (TPSA) is 128 Å². The molecule has 5 N–H and O–H groups in total. The Morgan fingerprint density at radius 2 is 1.69 bits per heavy atom. The molecule has 0 aliphatic carbocycles. The fourth-order valence-corrected chi connectivity index (χ4v) is 2.24. The van der Waals surface area contributed by atoms with Crippen molar-refractivity contribution in [2.45, 2.75) is 51.6 Å². The number of rotatable bonds is 9. The van der Waals surface area contributed by atoms with Crippen LogP contribution in [0.2, 0.25) is 0 Å². The Labute approximate surface area is 153 Å². The molecule has 144 valence electrons. The molecule has 0 spiro atoms. The number of carboxylic acids is 2. The largest absolute Gasteiger partial charge is 0.481 e. The average molecular weight is 365 g/mol.